The second-order valence-corrected chi connectivity index (χ2v) is 10.2. The fourth-order valence-corrected chi connectivity index (χ4v) is 4.94. The number of aromatic amines is 1. The number of hydrogen-bond acceptors (Lipinski definition) is 7. The van der Waals surface area contributed by atoms with Crippen molar-refractivity contribution in [2.45, 2.75) is 25.3 Å². The number of H-pyrrole nitrogens is 1. The van der Waals surface area contributed by atoms with E-state index in [-0.39, 0.29) is 36.4 Å². The van der Waals surface area contributed by atoms with Gasteiger partial charge in [0.05, 0.1) is 6.54 Å². The average molecular weight is 583 g/mol. The zero-order valence-electron chi connectivity index (χ0n) is 23.6. The van der Waals surface area contributed by atoms with Crippen LogP contribution < -0.4 is 21.3 Å². The molecule has 43 heavy (non-hydrogen) atoms. The van der Waals surface area contributed by atoms with Crippen molar-refractivity contribution in [3.8, 4) is 0 Å². The van der Waals surface area contributed by atoms with Gasteiger partial charge in [0.15, 0.2) is 0 Å². The molecule has 5 rings (SSSR count). The molecule has 0 aliphatic carbocycles. The number of carbonyl (C=O) groups excluding carboxylic acids is 4. The summed E-state index contributed by atoms with van der Waals surface area (Å²) >= 11 is 0. The largest absolute Gasteiger partial charge is 0.368 e. The number of hydrogen-bond donors (Lipinski definition) is 5. The Balaban J connectivity index is 1.34. The van der Waals surface area contributed by atoms with Crippen molar-refractivity contribution in [1.82, 2.24) is 35.8 Å². The maximum absolute atomic E-state index is 13.4. The van der Waals surface area contributed by atoms with Gasteiger partial charge in [-0.15, -0.1) is 0 Å². The van der Waals surface area contributed by atoms with Crippen LogP contribution in [0.15, 0.2) is 73.2 Å². The molecule has 0 spiro atoms. The van der Waals surface area contributed by atoms with Crippen molar-refractivity contribution in [3.05, 3.63) is 90.0 Å². The summed E-state index contributed by atoms with van der Waals surface area (Å²) in [5.74, 6) is -0.910. The van der Waals surface area contributed by atoms with E-state index < -0.39 is 11.9 Å². The number of fused-ring (bicyclic) bond motifs is 3. The lowest BCUT2D eigenvalue weighted by Gasteiger charge is -2.22. The molecule has 3 aromatic heterocycles. The Kier molecular flexibility index (Phi) is 9.57. The maximum atomic E-state index is 13.4. The van der Waals surface area contributed by atoms with Crippen LogP contribution in [0.5, 0.6) is 0 Å². The number of nitrogens with zero attached hydrogens (tertiary/aromatic N) is 3. The van der Waals surface area contributed by atoms with Gasteiger partial charge in [-0.3, -0.25) is 24.2 Å². The van der Waals surface area contributed by atoms with Crippen molar-refractivity contribution in [3.63, 3.8) is 0 Å². The number of aromatic nitrogens is 3. The first-order valence-corrected chi connectivity index (χ1v) is 14.3. The molecular weight excluding hydrogens is 548 g/mol. The highest BCUT2D eigenvalue weighted by Crippen LogP contribution is 2.19. The fourth-order valence-electron chi connectivity index (χ4n) is 4.94. The molecule has 12 nitrogen and oxygen atoms in total. The van der Waals surface area contributed by atoms with Crippen LogP contribution in [-0.4, -0.2) is 82.2 Å². The summed E-state index contributed by atoms with van der Waals surface area (Å²) in [6.07, 6.45) is 6.32. The third-order valence-corrected chi connectivity index (χ3v) is 7.16. The van der Waals surface area contributed by atoms with Crippen LogP contribution in [0.3, 0.4) is 0 Å². The molecule has 1 aliphatic heterocycles. The first kappa shape index (κ1) is 29.2. The zero-order valence-corrected chi connectivity index (χ0v) is 23.6. The van der Waals surface area contributed by atoms with Crippen molar-refractivity contribution >= 4 is 40.3 Å². The van der Waals surface area contributed by atoms with E-state index in [4.69, 9.17) is 0 Å². The number of anilines is 1. The van der Waals surface area contributed by atoms with Crippen LogP contribution in [-0.2, 0) is 16.0 Å². The lowest BCUT2D eigenvalue weighted by Crippen LogP contribution is -2.48. The molecule has 12 heteroatoms. The molecule has 4 aromatic rings. The van der Waals surface area contributed by atoms with Gasteiger partial charge in [-0.05, 0) is 48.7 Å². The summed E-state index contributed by atoms with van der Waals surface area (Å²) in [7, 11) is 0. The highest BCUT2D eigenvalue weighted by Gasteiger charge is 2.24. The minimum absolute atomic E-state index is 0.105. The number of rotatable bonds is 3. The van der Waals surface area contributed by atoms with Crippen LogP contribution >= 0.6 is 0 Å². The number of pyridine rings is 2. The molecule has 1 atom stereocenters. The predicted molar refractivity (Wildman–Crippen MR) is 161 cm³/mol. The standard InChI is InChI=1S/C31H34N8O4/c40-28-20-39(31(43)21-10-13-32-14-11-21)17-4-3-12-35-29(41)26(18-22-19-36-24-7-2-1-6-23(22)24)38-30(42)25-8-5-9-27(37-25)33-15-16-34-28/h1-2,5-11,13-14,19,26,36H,3-4,12,15-18,20H2,(H,33,37)(H,34,40)(H,35,41)(H,38,42)/t26-/m0/s1. The number of nitrogens with one attached hydrogen (secondary N) is 5. The van der Waals surface area contributed by atoms with Gasteiger partial charge in [0.2, 0.25) is 11.8 Å². The average Bonchev–Trinajstić information content (AvgIpc) is 3.44. The number of para-hydroxylation sites is 1. The van der Waals surface area contributed by atoms with Crippen LogP contribution in [0.1, 0.15) is 39.3 Å². The van der Waals surface area contributed by atoms with Crippen LogP contribution in [0.2, 0.25) is 0 Å². The van der Waals surface area contributed by atoms with Gasteiger partial charge in [-0.1, -0.05) is 24.3 Å². The first-order valence-electron chi connectivity index (χ1n) is 14.3. The molecule has 0 saturated heterocycles. The predicted octanol–water partition coefficient (Wildman–Crippen LogP) is 1.88. The number of carbonyl (C=O) groups is 4. The van der Waals surface area contributed by atoms with E-state index in [9.17, 15) is 19.2 Å². The second-order valence-electron chi connectivity index (χ2n) is 10.2. The Labute approximate surface area is 248 Å². The molecule has 0 saturated carbocycles. The van der Waals surface area contributed by atoms with Gasteiger partial charge in [0.25, 0.3) is 11.8 Å². The van der Waals surface area contributed by atoms with E-state index in [1.165, 1.54) is 17.3 Å². The third kappa shape index (κ3) is 7.73. The van der Waals surface area contributed by atoms with Crippen LogP contribution in [0, 0.1) is 0 Å². The van der Waals surface area contributed by atoms with Crippen molar-refractivity contribution < 1.29 is 19.2 Å². The Morgan fingerprint density at radius 3 is 2.56 bits per heavy atom. The summed E-state index contributed by atoms with van der Waals surface area (Å²) in [6, 6.07) is 15.2. The van der Waals surface area contributed by atoms with Crippen molar-refractivity contribution in [2.24, 2.45) is 0 Å². The molecule has 5 N–H and O–H groups in total. The Bertz CT molecular complexity index is 1590. The Morgan fingerprint density at radius 2 is 1.70 bits per heavy atom. The van der Waals surface area contributed by atoms with Gasteiger partial charge >= 0.3 is 0 Å². The topological polar surface area (TPSA) is 161 Å². The summed E-state index contributed by atoms with van der Waals surface area (Å²) in [4.78, 5) is 65.6. The minimum atomic E-state index is -0.848. The molecule has 1 aromatic carbocycles. The fraction of sp³-hybridized carbons (Fsp3) is 0.290. The smallest absolute Gasteiger partial charge is 0.270 e. The molecule has 222 valence electrons. The first-order chi connectivity index (χ1) is 21.0. The highest BCUT2D eigenvalue weighted by molar-refractivity contribution is 5.97. The van der Waals surface area contributed by atoms with E-state index in [2.05, 4.69) is 36.2 Å². The van der Waals surface area contributed by atoms with E-state index in [0.717, 1.165) is 16.5 Å². The zero-order chi connectivity index (χ0) is 30.0. The third-order valence-electron chi connectivity index (χ3n) is 7.16. The second kappa shape index (κ2) is 14.1. The van der Waals surface area contributed by atoms with E-state index in [1.807, 2.05) is 30.5 Å². The van der Waals surface area contributed by atoms with Crippen LogP contribution in [0.25, 0.3) is 10.9 Å². The van der Waals surface area contributed by atoms with Crippen LogP contribution in [0.4, 0.5) is 5.82 Å². The molecule has 0 unspecified atom stereocenters. The van der Waals surface area contributed by atoms with Crippen molar-refractivity contribution in [2.75, 3.05) is 38.0 Å². The van der Waals surface area contributed by atoms with E-state index >= 15 is 0 Å². The van der Waals surface area contributed by atoms with Gasteiger partial charge in [-0.2, -0.15) is 0 Å². The van der Waals surface area contributed by atoms with Gasteiger partial charge in [-0.25, -0.2) is 4.98 Å². The van der Waals surface area contributed by atoms with Gasteiger partial charge in [0, 0.05) is 67.7 Å². The lowest BCUT2D eigenvalue weighted by atomic mass is 10.0. The van der Waals surface area contributed by atoms with Gasteiger partial charge < -0.3 is 31.2 Å². The minimum Gasteiger partial charge on any atom is -0.368 e. The molecule has 0 radical (unpaired) electrons. The molecule has 2 bridgehead atoms. The quantitative estimate of drug-likeness (QED) is 0.246. The van der Waals surface area contributed by atoms with E-state index in [1.54, 1.807) is 30.3 Å². The normalized spacial score (nSPS) is 17.4. The summed E-state index contributed by atoms with van der Waals surface area (Å²) in [6.45, 7) is 1.20. The Hall–Kier alpha value is -5.26. The molecule has 4 amide bonds. The highest BCUT2D eigenvalue weighted by atomic mass is 16.2. The SMILES string of the molecule is O=C1CN(C(=O)c2ccncc2)CCCCNC(=O)[C@H](Cc2c[nH]c3ccccc23)NC(=O)c2cccc(n2)NCCN1. The monoisotopic (exact) mass is 582 g/mol. The summed E-state index contributed by atoms with van der Waals surface area (Å²) < 4.78 is 0. The molecule has 0 fully saturated rings. The summed E-state index contributed by atoms with van der Waals surface area (Å²) in [5.41, 5.74) is 2.45. The maximum Gasteiger partial charge on any atom is 0.270 e. The van der Waals surface area contributed by atoms with Crippen molar-refractivity contribution in [1.29, 1.82) is 0 Å². The lowest BCUT2D eigenvalue weighted by molar-refractivity contribution is -0.123. The van der Waals surface area contributed by atoms with E-state index in [0.29, 0.717) is 50.4 Å². The molecule has 1 aliphatic rings. The van der Waals surface area contributed by atoms with Gasteiger partial charge in [0.1, 0.15) is 17.6 Å². The molecule has 4 heterocycles. The molecular formula is C31H34N8O4. The number of benzene rings is 1. The Morgan fingerprint density at radius 1 is 0.884 bits per heavy atom. The number of amides is 4. The summed E-state index contributed by atoms with van der Waals surface area (Å²) in [5, 5.41) is 12.7.